The number of hydrogen-bond acceptors (Lipinski definition) is 5. The Balaban J connectivity index is 4.21. The molecule has 0 saturated heterocycles. The fourth-order valence-electron chi connectivity index (χ4n) is 8.21. The summed E-state index contributed by atoms with van der Waals surface area (Å²) < 4.78 is 17.4. The Kier molecular flexibility index (Phi) is 50.8. The summed E-state index contributed by atoms with van der Waals surface area (Å²) in [6.45, 7) is 7.87. The fraction of sp³-hybridized carbons (Fsp3) is 0.927. The van der Waals surface area contributed by atoms with Crippen LogP contribution in [0.5, 0.6) is 0 Å². The highest BCUT2D eigenvalue weighted by Gasteiger charge is 2.17. The molecule has 0 aromatic heterocycles. The number of carbonyl (C=O) groups is 2. The quantitative estimate of drug-likeness (QED) is 0.0347. The third kappa shape index (κ3) is 49.3. The van der Waals surface area contributed by atoms with Gasteiger partial charge < -0.3 is 14.2 Å². The van der Waals surface area contributed by atoms with Crippen molar-refractivity contribution in [1.82, 2.24) is 0 Å². The van der Waals surface area contributed by atoms with Crippen LogP contribution in [0.3, 0.4) is 0 Å². The van der Waals surface area contributed by atoms with Crippen LogP contribution in [0, 0.1) is 0 Å². The molecule has 0 N–H and O–H groups in total. The topological polar surface area (TPSA) is 61.8 Å². The van der Waals surface area contributed by atoms with E-state index in [1.54, 1.807) is 0 Å². The number of carbonyl (C=O) groups excluding carboxylic acids is 2. The van der Waals surface area contributed by atoms with E-state index in [2.05, 4.69) is 32.9 Å². The van der Waals surface area contributed by atoms with Crippen molar-refractivity contribution in [1.29, 1.82) is 0 Å². The predicted molar refractivity (Wildman–Crippen MR) is 261 cm³/mol. The summed E-state index contributed by atoms with van der Waals surface area (Å²) in [7, 11) is 0. The molecule has 0 aliphatic heterocycles. The average Bonchev–Trinajstić information content (AvgIpc) is 3.25. The summed E-state index contributed by atoms with van der Waals surface area (Å²) in [6.07, 6.45) is 59.3. The van der Waals surface area contributed by atoms with E-state index in [-0.39, 0.29) is 18.5 Å². The van der Waals surface area contributed by atoms with Gasteiger partial charge in [0.05, 0.1) is 6.61 Å². The van der Waals surface area contributed by atoms with E-state index in [0.29, 0.717) is 26.1 Å². The van der Waals surface area contributed by atoms with Crippen molar-refractivity contribution in [2.24, 2.45) is 0 Å². The lowest BCUT2D eigenvalue weighted by Crippen LogP contribution is -2.30. The lowest BCUT2D eigenvalue weighted by molar-refractivity contribution is -0.163. The lowest BCUT2D eigenvalue weighted by atomic mass is 10.0. The summed E-state index contributed by atoms with van der Waals surface area (Å²) in [4.78, 5) is 25.4. The first-order chi connectivity index (χ1) is 29.6. The Morgan fingerprint density at radius 1 is 0.350 bits per heavy atom. The summed E-state index contributed by atoms with van der Waals surface area (Å²) in [5, 5.41) is 0. The molecule has 0 saturated carbocycles. The molecular formula is C55H106O5. The molecule has 0 rings (SSSR count). The fourth-order valence-corrected chi connectivity index (χ4v) is 8.21. The van der Waals surface area contributed by atoms with E-state index in [1.807, 2.05) is 0 Å². The largest absolute Gasteiger partial charge is 0.462 e. The molecule has 0 fully saturated rings. The first-order valence-corrected chi connectivity index (χ1v) is 27.2. The molecular weight excluding hydrogens is 741 g/mol. The molecule has 356 valence electrons. The van der Waals surface area contributed by atoms with Crippen molar-refractivity contribution in [3.8, 4) is 0 Å². The lowest BCUT2D eigenvalue weighted by Gasteiger charge is -2.18. The molecule has 0 aromatic carbocycles. The van der Waals surface area contributed by atoms with Gasteiger partial charge in [0.25, 0.3) is 0 Å². The molecule has 0 bridgehead atoms. The molecule has 5 nitrogen and oxygen atoms in total. The van der Waals surface area contributed by atoms with Gasteiger partial charge in [0.15, 0.2) is 6.10 Å². The van der Waals surface area contributed by atoms with Crippen LogP contribution in [0.15, 0.2) is 12.2 Å². The maximum absolute atomic E-state index is 12.8. The van der Waals surface area contributed by atoms with Gasteiger partial charge in [0, 0.05) is 19.4 Å². The van der Waals surface area contributed by atoms with Crippen molar-refractivity contribution in [2.75, 3.05) is 19.8 Å². The number of rotatable bonds is 51. The molecule has 5 heteroatoms. The van der Waals surface area contributed by atoms with Crippen molar-refractivity contribution >= 4 is 11.9 Å². The Hall–Kier alpha value is -1.36. The van der Waals surface area contributed by atoms with E-state index < -0.39 is 6.10 Å². The predicted octanol–water partition coefficient (Wildman–Crippen LogP) is 18.2. The Morgan fingerprint density at radius 3 is 1.03 bits per heavy atom. The van der Waals surface area contributed by atoms with Crippen molar-refractivity contribution in [3.05, 3.63) is 12.2 Å². The summed E-state index contributed by atoms with van der Waals surface area (Å²) in [5.41, 5.74) is 0. The van der Waals surface area contributed by atoms with E-state index in [1.165, 1.54) is 231 Å². The van der Waals surface area contributed by atoms with E-state index in [0.717, 1.165) is 38.5 Å². The van der Waals surface area contributed by atoms with Gasteiger partial charge in [-0.2, -0.15) is 0 Å². The van der Waals surface area contributed by atoms with Crippen molar-refractivity contribution in [2.45, 2.75) is 309 Å². The zero-order valence-corrected chi connectivity index (χ0v) is 41.0. The standard InChI is InChI=1S/C55H106O5/c1-4-7-10-13-16-19-22-25-28-30-33-36-39-42-45-48-54(56)59-52-53(51-58-50-47-44-41-38-35-32-27-24-21-18-15-12-9-6-3)60-55(57)49-46-43-40-37-34-31-29-26-23-20-17-14-11-8-5-2/h21,24,53H,4-20,22-23,25-52H2,1-3H3/b24-21-. The second-order valence-corrected chi connectivity index (χ2v) is 18.5. The summed E-state index contributed by atoms with van der Waals surface area (Å²) in [6, 6.07) is 0. The van der Waals surface area contributed by atoms with Crippen LogP contribution in [0.4, 0.5) is 0 Å². The zero-order valence-electron chi connectivity index (χ0n) is 41.0. The van der Waals surface area contributed by atoms with Crippen LogP contribution in [0.25, 0.3) is 0 Å². The molecule has 0 spiro atoms. The Bertz CT molecular complexity index is 871. The van der Waals surface area contributed by atoms with Crippen LogP contribution in [0.2, 0.25) is 0 Å². The van der Waals surface area contributed by atoms with Crippen LogP contribution >= 0.6 is 0 Å². The Morgan fingerprint density at radius 2 is 0.650 bits per heavy atom. The maximum Gasteiger partial charge on any atom is 0.306 e. The second kappa shape index (κ2) is 52.0. The molecule has 60 heavy (non-hydrogen) atoms. The highest BCUT2D eigenvalue weighted by Crippen LogP contribution is 2.16. The monoisotopic (exact) mass is 847 g/mol. The van der Waals surface area contributed by atoms with Crippen LogP contribution in [-0.4, -0.2) is 37.9 Å². The van der Waals surface area contributed by atoms with Gasteiger partial charge in [-0.25, -0.2) is 0 Å². The number of allylic oxidation sites excluding steroid dienone is 2. The van der Waals surface area contributed by atoms with Crippen LogP contribution < -0.4 is 0 Å². The number of ether oxygens (including phenoxy) is 3. The third-order valence-corrected chi connectivity index (χ3v) is 12.3. The average molecular weight is 847 g/mol. The maximum atomic E-state index is 12.8. The van der Waals surface area contributed by atoms with E-state index >= 15 is 0 Å². The summed E-state index contributed by atoms with van der Waals surface area (Å²) in [5.74, 6) is -0.376. The van der Waals surface area contributed by atoms with Gasteiger partial charge in [0.1, 0.15) is 6.61 Å². The van der Waals surface area contributed by atoms with Crippen LogP contribution in [-0.2, 0) is 23.8 Å². The minimum Gasteiger partial charge on any atom is -0.462 e. The minimum absolute atomic E-state index is 0.0926. The van der Waals surface area contributed by atoms with Crippen molar-refractivity contribution in [3.63, 3.8) is 0 Å². The van der Waals surface area contributed by atoms with Crippen molar-refractivity contribution < 1.29 is 23.8 Å². The zero-order chi connectivity index (χ0) is 43.5. The molecule has 1 atom stereocenters. The molecule has 0 aromatic rings. The summed E-state index contributed by atoms with van der Waals surface area (Å²) >= 11 is 0. The third-order valence-electron chi connectivity index (χ3n) is 12.3. The van der Waals surface area contributed by atoms with Gasteiger partial charge in [-0.3, -0.25) is 9.59 Å². The SMILES string of the molecule is CCCCCC/C=C\CCCCCCCCOCC(COC(=O)CCCCCCCCCCCCCCCCC)OC(=O)CCCCCCCCCCCCCCCCC. The molecule has 0 aliphatic rings. The Labute approximate surface area is 375 Å². The van der Waals surface area contributed by atoms with Crippen LogP contribution in [0.1, 0.15) is 303 Å². The van der Waals surface area contributed by atoms with Gasteiger partial charge in [-0.15, -0.1) is 0 Å². The molecule has 0 aliphatic carbocycles. The first kappa shape index (κ1) is 58.6. The smallest absolute Gasteiger partial charge is 0.306 e. The highest BCUT2D eigenvalue weighted by atomic mass is 16.6. The normalized spacial score (nSPS) is 12.1. The number of unbranched alkanes of at least 4 members (excludes halogenated alkanes) is 38. The number of hydrogen-bond donors (Lipinski definition) is 0. The van der Waals surface area contributed by atoms with E-state index in [4.69, 9.17) is 14.2 Å². The molecule has 0 heterocycles. The first-order valence-electron chi connectivity index (χ1n) is 27.2. The molecule has 0 radical (unpaired) electrons. The molecule has 0 amide bonds. The van der Waals surface area contributed by atoms with E-state index in [9.17, 15) is 9.59 Å². The highest BCUT2D eigenvalue weighted by molar-refractivity contribution is 5.70. The van der Waals surface area contributed by atoms with Gasteiger partial charge in [0.2, 0.25) is 0 Å². The minimum atomic E-state index is -0.529. The molecule has 1 unspecified atom stereocenters. The van der Waals surface area contributed by atoms with Gasteiger partial charge in [-0.1, -0.05) is 258 Å². The number of esters is 2. The second-order valence-electron chi connectivity index (χ2n) is 18.5. The van der Waals surface area contributed by atoms with Gasteiger partial charge >= 0.3 is 11.9 Å². The van der Waals surface area contributed by atoms with Gasteiger partial charge in [-0.05, 0) is 44.9 Å².